The summed E-state index contributed by atoms with van der Waals surface area (Å²) < 4.78 is 0. The molecule has 0 saturated heterocycles. The van der Waals surface area contributed by atoms with Gasteiger partial charge in [-0.25, -0.2) is 0 Å². The summed E-state index contributed by atoms with van der Waals surface area (Å²) in [5.74, 6) is 0.0927. The van der Waals surface area contributed by atoms with Crippen molar-refractivity contribution in [3.05, 3.63) is 59.4 Å². The van der Waals surface area contributed by atoms with Gasteiger partial charge in [0.15, 0.2) is 5.78 Å². The van der Waals surface area contributed by atoms with Gasteiger partial charge in [-0.3, -0.25) is 14.8 Å². The van der Waals surface area contributed by atoms with Crippen LogP contribution >= 0.6 is 17.0 Å². The van der Waals surface area contributed by atoms with Gasteiger partial charge in [0.2, 0.25) is 0 Å². The number of rotatable bonds is 3. The highest BCUT2D eigenvalue weighted by molar-refractivity contribution is 8.93. The lowest BCUT2D eigenvalue weighted by Crippen LogP contribution is -2.37. The maximum absolute atomic E-state index is 12.2. The van der Waals surface area contributed by atoms with Gasteiger partial charge in [0.05, 0.1) is 6.04 Å². The fourth-order valence-corrected chi connectivity index (χ4v) is 2.54. The SMILES string of the molecule is Br.CC1=NC(C)C2=CN(CC(=O)c3ccccc3)NC=C21. The summed E-state index contributed by atoms with van der Waals surface area (Å²) in [6, 6.07) is 9.51. The van der Waals surface area contributed by atoms with E-state index in [9.17, 15) is 4.79 Å². The minimum atomic E-state index is 0. The molecular formula is C16H18BrN3O. The van der Waals surface area contributed by atoms with Crippen molar-refractivity contribution in [3.63, 3.8) is 0 Å². The molecule has 0 amide bonds. The first-order valence-electron chi connectivity index (χ1n) is 6.73. The molecule has 1 unspecified atom stereocenters. The second-order valence-corrected chi connectivity index (χ2v) is 5.08. The van der Waals surface area contributed by atoms with Crippen LogP contribution in [0.5, 0.6) is 0 Å². The Morgan fingerprint density at radius 2 is 2.05 bits per heavy atom. The molecule has 3 rings (SSSR count). The molecule has 0 radical (unpaired) electrons. The van der Waals surface area contributed by atoms with E-state index in [1.54, 1.807) is 0 Å². The standard InChI is InChI=1S/C16H17N3O.BrH/c1-11-14-8-17-19(9-15(14)12(2)18-11)10-16(20)13-6-4-3-5-7-13;/h3-9,12,17H,10H2,1-2H3;1H. The van der Waals surface area contributed by atoms with Crippen LogP contribution in [-0.2, 0) is 0 Å². The predicted molar refractivity (Wildman–Crippen MR) is 89.7 cm³/mol. The molecule has 2 aliphatic heterocycles. The monoisotopic (exact) mass is 347 g/mol. The summed E-state index contributed by atoms with van der Waals surface area (Å²) in [6.45, 7) is 4.39. The molecule has 0 saturated carbocycles. The topological polar surface area (TPSA) is 44.7 Å². The molecule has 110 valence electrons. The zero-order chi connectivity index (χ0) is 14.1. The quantitative estimate of drug-likeness (QED) is 0.855. The first-order valence-corrected chi connectivity index (χ1v) is 6.73. The Kier molecular flexibility index (Phi) is 4.63. The number of hydrogen-bond acceptors (Lipinski definition) is 4. The molecule has 5 heteroatoms. The van der Waals surface area contributed by atoms with Crippen molar-refractivity contribution in [1.82, 2.24) is 10.4 Å². The molecule has 0 bridgehead atoms. The summed E-state index contributed by atoms with van der Waals surface area (Å²) in [5.41, 5.74) is 7.22. The summed E-state index contributed by atoms with van der Waals surface area (Å²) in [7, 11) is 0. The summed E-state index contributed by atoms with van der Waals surface area (Å²) in [4.78, 5) is 16.7. The third kappa shape index (κ3) is 3.08. The van der Waals surface area contributed by atoms with Crippen LogP contribution in [0, 0.1) is 0 Å². The number of carbonyl (C=O) groups excluding carboxylic acids is 1. The van der Waals surface area contributed by atoms with Crippen molar-refractivity contribution >= 4 is 28.5 Å². The molecule has 1 N–H and O–H groups in total. The average Bonchev–Trinajstić information content (AvgIpc) is 2.75. The van der Waals surface area contributed by atoms with Crippen LogP contribution in [0.4, 0.5) is 0 Å². The second kappa shape index (κ2) is 6.26. The van der Waals surface area contributed by atoms with Crippen molar-refractivity contribution in [2.24, 2.45) is 4.99 Å². The lowest BCUT2D eigenvalue weighted by molar-refractivity contribution is 0.0939. The van der Waals surface area contributed by atoms with E-state index in [-0.39, 0.29) is 28.8 Å². The number of nitrogens with one attached hydrogen (secondary N) is 1. The van der Waals surface area contributed by atoms with Gasteiger partial charge in [-0.05, 0) is 13.8 Å². The third-order valence-corrected chi connectivity index (χ3v) is 3.62. The molecule has 1 atom stereocenters. The summed E-state index contributed by atoms with van der Waals surface area (Å²) in [6.07, 6.45) is 3.91. The van der Waals surface area contributed by atoms with Crippen molar-refractivity contribution in [3.8, 4) is 0 Å². The average molecular weight is 348 g/mol. The number of aliphatic imine (C=N–C) groups is 1. The van der Waals surface area contributed by atoms with E-state index in [1.165, 1.54) is 5.57 Å². The molecule has 4 nitrogen and oxygen atoms in total. The molecule has 2 heterocycles. The van der Waals surface area contributed by atoms with Crippen LogP contribution in [0.1, 0.15) is 24.2 Å². The third-order valence-electron chi connectivity index (χ3n) is 3.62. The van der Waals surface area contributed by atoms with Crippen molar-refractivity contribution in [2.75, 3.05) is 6.54 Å². The van der Waals surface area contributed by atoms with E-state index in [2.05, 4.69) is 17.3 Å². The van der Waals surface area contributed by atoms with E-state index in [0.717, 1.165) is 16.8 Å². The highest BCUT2D eigenvalue weighted by Crippen LogP contribution is 2.27. The zero-order valence-corrected chi connectivity index (χ0v) is 13.7. The van der Waals surface area contributed by atoms with Crippen LogP contribution in [0.2, 0.25) is 0 Å². The fraction of sp³-hybridized carbons (Fsp3) is 0.250. The molecule has 2 aliphatic rings. The van der Waals surface area contributed by atoms with Crippen LogP contribution in [-0.4, -0.2) is 29.1 Å². The van der Waals surface area contributed by atoms with Crippen LogP contribution in [0.25, 0.3) is 0 Å². The Balaban J connectivity index is 0.00000161. The number of ketones is 1. The lowest BCUT2D eigenvalue weighted by atomic mass is 10.0. The maximum Gasteiger partial charge on any atom is 0.184 e. The Hall–Kier alpha value is -1.88. The van der Waals surface area contributed by atoms with E-state index < -0.39 is 0 Å². The Labute approximate surface area is 135 Å². The van der Waals surface area contributed by atoms with E-state index in [4.69, 9.17) is 0 Å². The Morgan fingerprint density at radius 3 is 2.76 bits per heavy atom. The summed E-state index contributed by atoms with van der Waals surface area (Å²) >= 11 is 0. The van der Waals surface area contributed by atoms with Gasteiger partial charge in [-0.2, -0.15) is 0 Å². The fourth-order valence-electron chi connectivity index (χ4n) is 2.54. The predicted octanol–water partition coefficient (Wildman–Crippen LogP) is 2.90. The molecule has 0 spiro atoms. The first kappa shape index (κ1) is 15.5. The maximum atomic E-state index is 12.2. The number of Topliss-reactive ketones (excluding diaryl/α,β-unsaturated/α-hetero) is 1. The molecule has 21 heavy (non-hydrogen) atoms. The van der Waals surface area contributed by atoms with E-state index in [0.29, 0.717) is 6.54 Å². The van der Waals surface area contributed by atoms with Gasteiger partial charge in [-0.1, -0.05) is 30.3 Å². The van der Waals surface area contributed by atoms with Gasteiger partial charge in [0.1, 0.15) is 6.54 Å². The molecule has 1 aromatic carbocycles. The largest absolute Gasteiger partial charge is 0.305 e. The molecule has 0 aromatic heterocycles. The Morgan fingerprint density at radius 1 is 1.33 bits per heavy atom. The van der Waals surface area contributed by atoms with Crippen molar-refractivity contribution in [2.45, 2.75) is 19.9 Å². The number of nitrogens with zero attached hydrogens (tertiary/aromatic N) is 2. The van der Waals surface area contributed by atoms with Gasteiger partial charge >= 0.3 is 0 Å². The highest BCUT2D eigenvalue weighted by Gasteiger charge is 2.26. The van der Waals surface area contributed by atoms with Crippen LogP contribution in [0.3, 0.4) is 0 Å². The number of carbonyl (C=O) groups is 1. The van der Waals surface area contributed by atoms with Gasteiger partial charge in [0, 0.05) is 34.8 Å². The zero-order valence-electron chi connectivity index (χ0n) is 12.0. The van der Waals surface area contributed by atoms with E-state index in [1.807, 2.05) is 54.7 Å². The normalized spacial score (nSPS) is 19.6. The van der Waals surface area contributed by atoms with Gasteiger partial charge < -0.3 is 5.43 Å². The lowest BCUT2D eigenvalue weighted by Gasteiger charge is -2.26. The number of halogens is 1. The second-order valence-electron chi connectivity index (χ2n) is 5.08. The molecule has 0 fully saturated rings. The molecular weight excluding hydrogens is 330 g/mol. The molecule has 0 aliphatic carbocycles. The first-order chi connectivity index (χ1) is 9.65. The van der Waals surface area contributed by atoms with Crippen LogP contribution < -0.4 is 5.43 Å². The highest BCUT2D eigenvalue weighted by atomic mass is 79.9. The van der Waals surface area contributed by atoms with Crippen molar-refractivity contribution < 1.29 is 4.79 Å². The minimum absolute atomic E-state index is 0. The van der Waals surface area contributed by atoms with Crippen LogP contribution in [0.15, 0.2) is 58.9 Å². The van der Waals surface area contributed by atoms with Crippen molar-refractivity contribution in [1.29, 1.82) is 0 Å². The number of benzene rings is 1. The summed E-state index contributed by atoms with van der Waals surface area (Å²) in [5, 5.41) is 1.82. The van der Waals surface area contributed by atoms with E-state index >= 15 is 0 Å². The number of hydrogen-bond donors (Lipinski definition) is 1. The number of fused-ring (bicyclic) bond motifs is 1. The number of hydrazine groups is 1. The minimum Gasteiger partial charge on any atom is -0.305 e. The smallest absolute Gasteiger partial charge is 0.184 e. The Bertz CT molecular complexity index is 634. The van der Waals surface area contributed by atoms with Gasteiger partial charge in [0.25, 0.3) is 0 Å². The van der Waals surface area contributed by atoms with Gasteiger partial charge in [-0.15, -0.1) is 17.0 Å². The molecule has 1 aromatic rings.